The smallest absolute Gasteiger partial charge is 0.251 e. The number of piperazine rings is 1. The highest BCUT2D eigenvalue weighted by molar-refractivity contribution is 7.89. The number of sulfonamides is 1. The standard InChI is InChI=1S/C29H33N3O3S/c33-29(30-17-16-28(23-9-3-1-4-10-23)24-11-5-2-6-12-24)25-13-7-15-27(21-25)36(34,35)32-20-19-31-18-8-14-26(31)22-32/h1-7,9-13,15,21,26,28H,8,14,16-20,22H2,(H,30,33)/t26-/m0/s1. The maximum atomic E-state index is 13.3. The molecule has 1 amide bonds. The largest absolute Gasteiger partial charge is 0.352 e. The van der Waals surface area contributed by atoms with Gasteiger partial charge in [-0.05, 0) is 55.1 Å². The van der Waals surface area contributed by atoms with E-state index in [0.29, 0.717) is 31.2 Å². The van der Waals surface area contributed by atoms with Crippen molar-refractivity contribution in [1.29, 1.82) is 0 Å². The Morgan fingerprint density at radius 2 is 1.58 bits per heavy atom. The fourth-order valence-corrected chi connectivity index (χ4v) is 6.97. The molecule has 0 unspecified atom stereocenters. The molecule has 1 N–H and O–H groups in total. The van der Waals surface area contributed by atoms with Crippen molar-refractivity contribution < 1.29 is 13.2 Å². The molecule has 3 aromatic rings. The molecule has 2 aliphatic rings. The second kappa shape index (κ2) is 10.9. The summed E-state index contributed by atoms with van der Waals surface area (Å²) in [6.45, 7) is 3.33. The van der Waals surface area contributed by atoms with Crippen LogP contribution in [0.1, 0.15) is 46.7 Å². The molecule has 6 nitrogen and oxygen atoms in total. The summed E-state index contributed by atoms with van der Waals surface area (Å²) in [5, 5.41) is 3.00. The lowest BCUT2D eigenvalue weighted by Gasteiger charge is -2.36. The highest BCUT2D eigenvalue weighted by Gasteiger charge is 2.36. The Balaban J connectivity index is 1.25. The van der Waals surface area contributed by atoms with Gasteiger partial charge >= 0.3 is 0 Å². The summed E-state index contributed by atoms with van der Waals surface area (Å²) >= 11 is 0. The summed E-state index contributed by atoms with van der Waals surface area (Å²) in [6, 6.07) is 27.3. The van der Waals surface area contributed by atoms with Gasteiger partial charge in [0.1, 0.15) is 0 Å². The van der Waals surface area contributed by atoms with Crippen molar-refractivity contribution in [3.63, 3.8) is 0 Å². The van der Waals surface area contributed by atoms with E-state index < -0.39 is 10.0 Å². The molecule has 0 spiro atoms. The maximum Gasteiger partial charge on any atom is 0.251 e. The Hall–Kier alpha value is -3.00. The Labute approximate surface area is 214 Å². The third-order valence-corrected chi connectivity index (χ3v) is 9.27. The molecular formula is C29H33N3O3S. The third-order valence-electron chi connectivity index (χ3n) is 7.41. The summed E-state index contributed by atoms with van der Waals surface area (Å²) in [7, 11) is -3.64. The molecule has 0 radical (unpaired) electrons. The number of fused-ring (bicyclic) bond motifs is 1. The van der Waals surface area contributed by atoms with Crippen LogP contribution in [0, 0.1) is 0 Å². The van der Waals surface area contributed by atoms with E-state index in [1.54, 1.807) is 22.5 Å². The quantitative estimate of drug-likeness (QED) is 0.502. The summed E-state index contributed by atoms with van der Waals surface area (Å²) in [5.41, 5.74) is 2.77. The fraction of sp³-hybridized carbons (Fsp3) is 0.345. The zero-order valence-corrected chi connectivity index (χ0v) is 21.2. The van der Waals surface area contributed by atoms with Crippen LogP contribution < -0.4 is 5.32 Å². The molecule has 1 atom stereocenters. The summed E-state index contributed by atoms with van der Waals surface area (Å²) in [5.74, 6) is -0.0961. The third kappa shape index (κ3) is 5.38. The van der Waals surface area contributed by atoms with Gasteiger partial charge in [-0.25, -0.2) is 8.42 Å². The average molecular weight is 504 g/mol. The van der Waals surface area contributed by atoms with Gasteiger partial charge in [-0.1, -0.05) is 66.7 Å². The van der Waals surface area contributed by atoms with Crippen LogP contribution in [0.3, 0.4) is 0 Å². The first-order valence-corrected chi connectivity index (χ1v) is 14.2. The van der Waals surface area contributed by atoms with Gasteiger partial charge in [-0.2, -0.15) is 4.31 Å². The second-order valence-corrected chi connectivity index (χ2v) is 11.6. The van der Waals surface area contributed by atoms with E-state index in [-0.39, 0.29) is 16.7 Å². The first kappa shape index (κ1) is 24.7. The molecule has 7 heteroatoms. The Kier molecular flexibility index (Phi) is 7.51. The first-order valence-electron chi connectivity index (χ1n) is 12.7. The van der Waals surface area contributed by atoms with Crippen LogP contribution in [0.15, 0.2) is 89.8 Å². The number of hydrogen-bond acceptors (Lipinski definition) is 4. The highest BCUT2D eigenvalue weighted by atomic mass is 32.2. The number of carbonyl (C=O) groups excluding carboxylic acids is 1. The van der Waals surface area contributed by atoms with E-state index in [9.17, 15) is 13.2 Å². The summed E-state index contributed by atoms with van der Waals surface area (Å²) < 4.78 is 28.3. The van der Waals surface area contributed by atoms with Crippen LogP contribution in [0.4, 0.5) is 0 Å². The molecule has 2 heterocycles. The molecular weight excluding hydrogens is 470 g/mol. The molecule has 5 rings (SSSR count). The van der Waals surface area contributed by atoms with Gasteiger partial charge in [-0.15, -0.1) is 0 Å². The van der Waals surface area contributed by atoms with Gasteiger partial charge in [0.15, 0.2) is 0 Å². The first-order chi connectivity index (χ1) is 17.5. The van der Waals surface area contributed by atoms with E-state index in [2.05, 4.69) is 34.5 Å². The fourth-order valence-electron chi connectivity index (χ4n) is 5.46. The average Bonchev–Trinajstić information content (AvgIpc) is 3.40. The van der Waals surface area contributed by atoms with Crippen molar-refractivity contribution in [2.24, 2.45) is 0 Å². The molecule has 2 aliphatic heterocycles. The lowest BCUT2D eigenvalue weighted by atomic mass is 9.88. The van der Waals surface area contributed by atoms with Crippen molar-refractivity contribution in [2.45, 2.75) is 36.1 Å². The lowest BCUT2D eigenvalue weighted by molar-refractivity contribution is 0.0952. The molecule has 0 aromatic heterocycles. The maximum absolute atomic E-state index is 13.3. The number of benzene rings is 3. The van der Waals surface area contributed by atoms with Gasteiger partial charge in [0, 0.05) is 43.7 Å². The molecule has 3 aromatic carbocycles. The Morgan fingerprint density at radius 3 is 2.28 bits per heavy atom. The van der Waals surface area contributed by atoms with E-state index >= 15 is 0 Å². The lowest BCUT2D eigenvalue weighted by Crippen LogP contribution is -2.51. The number of amides is 1. The van der Waals surface area contributed by atoms with E-state index in [4.69, 9.17) is 0 Å². The molecule has 0 bridgehead atoms. The minimum atomic E-state index is -3.64. The van der Waals surface area contributed by atoms with E-state index in [1.807, 2.05) is 36.4 Å². The van der Waals surface area contributed by atoms with Crippen molar-refractivity contribution >= 4 is 15.9 Å². The number of hydrogen-bond donors (Lipinski definition) is 1. The predicted molar refractivity (Wildman–Crippen MR) is 141 cm³/mol. The van der Waals surface area contributed by atoms with Crippen LogP contribution in [0.2, 0.25) is 0 Å². The van der Waals surface area contributed by atoms with Crippen molar-refractivity contribution in [3.05, 3.63) is 102 Å². The monoisotopic (exact) mass is 503 g/mol. The minimum Gasteiger partial charge on any atom is -0.352 e. The molecule has 0 saturated carbocycles. The molecule has 2 saturated heterocycles. The second-order valence-electron chi connectivity index (χ2n) is 9.64. The van der Waals surface area contributed by atoms with Crippen LogP contribution >= 0.6 is 0 Å². The van der Waals surface area contributed by atoms with Gasteiger partial charge < -0.3 is 5.32 Å². The van der Waals surface area contributed by atoms with Crippen molar-refractivity contribution in [2.75, 3.05) is 32.7 Å². The van der Waals surface area contributed by atoms with Crippen LogP contribution in [-0.2, 0) is 10.0 Å². The van der Waals surface area contributed by atoms with Gasteiger partial charge in [0.25, 0.3) is 5.91 Å². The van der Waals surface area contributed by atoms with Crippen molar-refractivity contribution in [3.8, 4) is 0 Å². The van der Waals surface area contributed by atoms with Crippen LogP contribution in [0.5, 0.6) is 0 Å². The van der Waals surface area contributed by atoms with Crippen LogP contribution in [-0.4, -0.2) is 62.3 Å². The van der Waals surface area contributed by atoms with E-state index in [1.165, 1.54) is 17.2 Å². The number of nitrogens with one attached hydrogen (secondary N) is 1. The molecule has 0 aliphatic carbocycles. The Morgan fingerprint density at radius 1 is 0.889 bits per heavy atom. The highest BCUT2D eigenvalue weighted by Crippen LogP contribution is 2.28. The molecule has 2 fully saturated rings. The zero-order valence-electron chi connectivity index (χ0n) is 20.4. The number of carbonyl (C=O) groups is 1. The van der Waals surface area contributed by atoms with Gasteiger partial charge in [0.2, 0.25) is 10.0 Å². The van der Waals surface area contributed by atoms with E-state index in [0.717, 1.165) is 32.4 Å². The SMILES string of the molecule is O=C(NCCC(c1ccccc1)c1ccccc1)c1cccc(S(=O)(=O)N2CCN3CCC[C@H]3C2)c1. The minimum absolute atomic E-state index is 0.161. The Bertz CT molecular complexity index is 1240. The number of nitrogens with zero attached hydrogens (tertiary/aromatic N) is 2. The normalized spacial score (nSPS) is 18.8. The zero-order chi connectivity index (χ0) is 25.0. The topological polar surface area (TPSA) is 69.7 Å². The van der Waals surface area contributed by atoms with Crippen molar-refractivity contribution in [1.82, 2.24) is 14.5 Å². The summed E-state index contributed by atoms with van der Waals surface area (Å²) in [6.07, 6.45) is 2.91. The molecule has 36 heavy (non-hydrogen) atoms. The van der Waals surface area contributed by atoms with Gasteiger partial charge in [0.05, 0.1) is 4.90 Å². The van der Waals surface area contributed by atoms with Crippen LogP contribution in [0.25, 0.3) is 0 Å². The summed E-state index contributed by atoms with van der Waals surface area (Å²) in [4.78, 5) is 15.5. The van der Waals surface area contributed by atoms with Gasteiger partial charge in [-0.3, -0.25) is 9.69 Å². The molecule has 188 valence electrons. The number of rotatable bonds is 8. The predicted octanol–water partition coefficient (Wildman–Crippen LogP) is 4.11.